The average molecular weight is 166 g/mol. The fraction of sp³-hybridized carbons (Fsp3) is 1.00. The van der Waals surface area contributed by atoms with Gasteiger partial charge in [-0.1, -0.05) is 13.0 Å². The van der Waals surface area contributed by atoms with Gasteiger partial charge in [0.2, 0.25) is 0 Å². The second-order valence-electron chi connectivity index (χ2n) is 2.38. The van der Waals surface area contributed by atoms with Gasteiger partial charge in [-0.3, -0.25) is 0 Å². The van der Waals surface area contributed by atoms with Gasteiger partial charge in [-0.2, -0.15) is 11.1 Å². The van der Waals surface area contributed by atoms with E-state index in [4.69, 9.17) is 11.1 Å². The van der Waals surface area contributed by atoms with Crippen LogP contribution in [0.1, 0.15) is 12.8 Å². The van der Waals surface area contributed by atoms with Gasteiger partial charge in [-0.15, -0.1) is 0 Å². The number of unbranched alkanes of at least 4 members (excludes halogenated alkanes) is 1. The van der Waals surface area contributed by atoms with Gasteiger partial charge in [0.1, 0.15) is 8.11 Å². The van der Waals surface area contributed by atoms with Crippen LogP contribution in [0.25, 0.3) is 0 Å². The molecule has 0 saturated heterocycles. The summed E-state index contributed by atoms with van der Waals surface area (Å²) in [4.78, 5) is 0. The van der Waals surface area contributed by atoms with E-state index in [0.29, 0.717) is 0 Å². The quantitative estimate of drug-likeness (QED) is 0.371. The molecule has 0 bridgehead atoms. The zero-order valence-corrected chi connectivity index (χ0v) is 8.19. The van der Waals surface area contributed by atoms with Gasteiger partial charge >= 0.3 is 0 Å². The summed E-state index contributed by atoms with van der Waals surface area (Å²) < 4.78 is 0. The Morgan fingerprint density at radius 3 is 2.56 bits per heavy atom. The molecule has 9 heavy (non-hydrogen) atoms. The number of halogens is 1. The van der Waals surface area contributed by atoms with E-state index in [1.54, 1.807) is 0 Å². The zero-order valence-electron chi connectivity index (χ0n) is 6.28. The topological polar surface area (TPSA) is 12.0 Å². The molecule has 0 aromatic heterocycles. The molecule has 0 aliphatic rings. The minimum atomic E-state index is -0.769. The van der Waals surface area contributed by atoms with Crippen LogP contribution < -0.4 is 5.32 Å². The molecule has 0 aromatic rings. The van der Waals surface area contributed by atoms with E-state index < -0.39 is 8.11 Å². The van der Waals surface area contributed by atoms with Gasteiger partial charge < -0.3 is 5.32 Å². The van der Waals surface area contributed by atoms with E-state index in [1.165, 1.54) is 18.9 Å². The van der Waals surface area contributed by atoms with Crippen molar-refractivity contribution in [3.05, 3.63) is 0 Å². The largest absolute Gasteiger partial charge is 0.320 e. The van der Waals surface area contributed by atoms with E-state index in [9.17, 15) is 0 Å². The number of hydrogen-bond donors (Lipinski definition) is 1. The Balaban J connectivity index is 2.75. The van der Waals surface area contributed by atoms with Crippen LogP contribution in [0.5, 0.6) is 0 Å². The molecule has 0 heterocycles. The molecule has 0 aliphatic heterocycles. The van der Waals surface area contributed by atoms with E-state index in [1.807, 2.05) is 7.05 Å². The van der Waals surface area contributed by atoms with Crippen LogP contribution >= 0.6 is 11.1 Å². The van der Waals surface area contributed by atoms with Crippen LogP contribution in [0.15, 0.2) is 0 Å². The highest BCUT2D eigenvalue weighted by molar-refractivity contribution is 7.06. The van der Waals surface area contributed by atoms with Crippen molar-refractivity contribution in [3.63, 3.8) is 0 Å². The van der Waals surface area contributed by atoms with Gasteiger partial charge in [0.25, 0.3) is 0 Å². The van der Waals surface area contributed by atoms with Gasteiger partial charge in [-0.05, 0) is 26.1 Å². The van der Waals surface area contributed by atoms with E-state index >= 15 is 0 Å². The van der Waals surface area contributed by atoms with E-state index in [0.717, 1.165) is 6.54 Å². The summed E-state index contributed by atoms with van der Waals surface area (Å²) in [6, 6.07) is 1.28. The third-order valence-electron chi connectivity index (χ3n) is 1.28. The van der Waals surface area contributed by atoms with Crippen molar-refractivity contribution < 1.29 is 0 Å². The maximum atomic E-state index is 5.88. The lowest BCUT2D eigenvalue weighted by molar-refractivity contribution is 0.709. The predicted octanol–water partition coefficient (Wildman–Crippen LogP) is 1.58. The molecule has 56 valence electrons. The lowest BCUT2D eigenvalue weighted by Gasteiger charge is -1.99. The molecule has 3 heteroatoms. The first kappa shape index (κ1) is 9.47. The maximum Gasteiger partial charge on any atom is 0.138 e. The maximum absolute atomic E-state index is 5.88. The van der Waals surface area contributed by atoms with Gasteiger partial charge in [0.15, 0.2) is 0 Å². The summed E-state index contributed by atoms with van der Waals surface area (Å²) >= 11 is 5.88. The van der Waals surface area contributed by atoms with Crippen LogP contribution in [0.2, 0.25) is 12.6 Å². The summed E-state index contributed by atoms with van der Waals surface area (Å²) in [5.74, 6) is 0. The van der Waals surface area contributed by atoms with Crippen molar-refractivity contribution in [2.45, 2.75) is 25.4 Å². The molecule has 0 aromatic carbocycles. The normalized spacial score (nSPS) is 13.7. The molecule has 1 nitrogen and oxygen atoms in total. The Kier molecular flexibility index (Phi) is 6.93. The average Bonchev–Trinajstić information content (AvgIpc) is 1.80. The Labute approximate surface area is 64.1 Å². The third-order valence-corrected chi connectivity index (χ3v) is 3.14. The second-order valence-corrected chi connectivity index (χ2v) is 6.75. The minimum Gasteiger partial charge on any atom is -0.320 e. The van der Waals surface area contributed by atoms with Gasteiger partial charge in [0.05, 0.1) is 0 Å². The number of rotatable bonds is 5. The number of nitrogens with one attached hydrogen (secondary N) is 1. The van der Waals surface area contributed by atoms with Crippen LogP contribution in [0.3, 0.4) is 0 Å². The molecule has 0 radical (unpaired) electrons. The Morgan fingerprint density at radius 1 is 1.44 bits per heavy atom. The van der Waals surface area contributed by atoms with Crippen molar-refractivity contribution in [2.75, 3.05) is 13.6 Å². The van der Waals surface area contributed by atoms with Crippen molar-refractivity contribution in [1.82, 2.24) is 5.32 Å². The molecular weight excluding hydrogens is 150 g/mol. The fourth-order valence-corrected chi connectivity index (χ4v) is 2.04. The molecule has 0 spiro atoms. The third kappa shape index (κ3) is 8.47. The predicted molar refractivity (Wildman–Crippen MR) is 46.8 cm³/mol. The summed E-state index contributed by atoms with van der Waals surface area (Å²) in [5, 5.41) is 3.11. The van der Waals surface area contributed by atoms with Crippen LogP contribution in [0.4, 0.5) is 0 Å². The summed E-state index contributed by atoms with van der Waals surface area (Å²) in [7, 11) is 1.22. The van der Waals surface area contributed by atoms with Crippen molar-refractivity contribution >= 4 is 19.2 Å². The SMILES string of the molecule is CNCCCC[SiH](C)Cl. The number of hydrogen-bond acceptors (Lipinski definition) is 1. The molecule has 1 N–H and O–H groups in total. The van der Waals surface area contributed by atoms with Crippen molar-refractivity contribution in [3.8, 4) is 0 Å². The first-order chi connectivity index (χ1) is 4.27. The molecule has 0 fully saturated rings. The van der Waals surface area contributed by atoms with Gasteiger partial charge in [0, 0.05) is 0 Å². The monoisotopic (exact) mass is 165 g/mol. The van der Waals surface area contributed by atoms with Crippen LogP contribution in [0, 0.1) is 0 Å². The molecule has 1 unspecified atom stereocenters. The highest BCUT2D eigenvalue weighted by atomic mass is 35.6. The zero-order chi connectivity index (χ0) is 7.11. The first-order valence-corrected chi connectivity index (χ1v) is 7.27. The van der Waals surface area contributed by atoms with Gasteiger partial charge in [-0.25, -0.2) is 0 Å². The summed E-state index contributed by atoms with van der Waals surface area (Å²) in [6.45, 7) is 3.32. The molecule has 1 atom stereocenters. The summed E-state index contributed by atoms with van der Waals surface area (Å²) in [5.41, 5.74) is 0. The molecular formula is C6H16ClNSi. The lowest BCUT2D eigenvalue weighted by Crippen LogP contribution is -2.08. The highest BCUT2D eigenvalue weighted by Crippen LogP contribution is 2.03. The van der Waals surface area contributed by atoms with E-state index in [2.05, 4.69) is 11.9 Å². The van der Waals surface area contributed by atoms with Crippen molar-refractivity contribution in [1.29, 1.82) is 0 Å². The van der Waals surface area contributed by atoms with E-state index in [-0.39, 0.29) is 0 Å². The van der Waals surface area contributed by atoms with Crippen molar-refractivity contribution in [2.24, 2.45) is 0 Å². The minimum absolute atomic E-state index is 0.769. The molecule has 0 amide bonds. The lowest BCUT2D eigenvalue weighted by atomic mass is 10.3. The Hall–Kier alpha value is 0.467. The summed E-state index contributed by atoms with van der Waals surface area (Å²) in [6.07, 6.45) is 2.58. The molecule has 0 saturated carbocycles. The Morgan fingerprint density at radius 2 is 2.11 bits per heavy atom. The molecule has 0 rings (SSSR count). The first-order valence-electron chi connectivity index (χ1n) is 3.56. The van der Waals surface area contributed by atoms with Crippen LogP contribution in [-0.4, -0.2) is 21.7 Å². The second kappa shape index (κ2) is 6.58. The fourth-order valence-electron chi connectivity index (χ4n) is 0.727. The standard InChI is InChI=1S/C6H16ClNSi/c1-8-5-3-4-6-9(2)7/h8-9H,3-6H2,1-2H3. The highest BCUT2D eigenvalue weighted by Gasteiger charge is 1.96. The smallest absolute Gasteiger partial charge is 0.138 e. The Bertz CT molecular complexity index is 59.0. The molecule has 0 aliphatic carbocycles. The van der Waals surface area contributed by atoms with Crippen LogP contribution in [-0.2, 0) is 0 Å².